The average molecular weight is 472 g/mol. The Morgan fingerprint density at radius 3 is 0.214 bits per heavy atom. The van der Waals surface area contributed by atoms with Crippen LogP contribution in [0, 0.1) is 0 Å². The van der Waals surface area contributed by atoms with E-state index in [-0.39, 0.29) is 163 Å². The molecule has 0 aliphatic heterocycles. The second kappa shape index (κ2) is 343. The molecule has 0 saturated carbocycles. The average Bonchev–Trinajstić information content (AvgIpc) is 0. The normalized spacial score (nSPS) is 0. The fraction of sp³-hybridized carbons (Fsp3) is 0. The van der Waals surface area contributed by atoms with Crippen LogP contribution in [0.2, 0.25) is 0 Å². The fourth-order valence-electron chi connectivity index (χ4n) is 0. The molecule has 9 nitrogen and oxygen atoms in total. The molecule has 0 heterocycles. The van der Waals surface area contributed by atoms with E-state index in [0.29, 0.717) is 0 Å². The van der Waals surface area contributed by atoms with Crippen LogP contribution in [0.4, 0.5) is 0 Å². The van der Waals surface area contributed by atoms with E-state index >= 15 is 0 Å². The summed E-state index contributed by atoms with van der Waals surface area (Å²) < 4.78 is 0. The summed E-state index contributed by atoms with van der Waals surface area (Å²) in [6, 6.07) is 0. The first-order chi connectivity index (χ1) is 0. The molecule has 0 fully saturated rings. The van der Waals surface area contributed by atoms with Crippen LogP contribution < -0.4 is 0 Å². The molecule has 0 aliphatic carbocycles. The van der Waals surface area contributed by atoms with Crippen molar-refractivity contribution in [2.24, 2.45) is 0 Å². The van der Waals surface area contributed by atoms with Gasteiger partial charge in [0.15, 0.2) is 0 Å². The van der Waals surface area contributed by atoms with Crippen LogP contribution in [-0.4, -0.2) is 34.7 Å². The molecule has 14 heavy (non-hydrogen) atoms. The van der Waals surface area contributed by atoms with Gasteiger partial charge in [-0.1, -0.05) is 0 Å². The Balaban J connectivity index is 0. The molecule has 0 aromatic carbocycles. The van der Waals surface area contributed by atoms with Gasteiger partial charge in [-0.2, -0.15) is 0 Å². The van der Waals surface area contributed by atoms with Crippen LogP contribution in [0.5, 0.6) is 0 Å². The fourth-order valence-corrected chi connectivity index (χ4v) is 0. The van der Waals surface area contributed by atoms with E-state index in [2.05, 4.69) is 0 Å². The van der Waals surface area contributed by atoms with Crippen LogP contribution in [-0.2, 0) is 128 Å². The van der Waals surface area contributed by atoms with Crippen molar-refractivity contribution >= 4 is 34.7 Å². The summed E-state index contributed by atoms with van der Waals surface area (Å²) in [5.41, 5.74) is 0. The molecule has 0 unspecified atom stereocenters. The van der Waals surface area contributed by atoms with E-state index in [0.717, 1.165) is 0 Å². The molecule has 0 aliphatic rings. The number of rotatable bonds is 0. The Bertz CT molecular complexity index is 18.0. The number of hydrogen-bond acceptors (Lipinski definition) is 0. The van der Waals surface area contributed by atoms with Crippen molar-refractivity contribution in [1.29, 1.82) is 0 Å². The van der Waals surface area contributed by atoms with Crippen LogP contribution >= 0.6 is 0 Å². The molecule has 0 bridgehead atoms. The van der Waals surface area contributed by atoms with E-state index in [9.17, 15) is 0 Å². The minimum absolute atomic E-state index is 0. The van der Waals surface area contributed by atoms with Gasteiger partial charge in [0.2, 0.25) is 0 Å². The molecule has 0 radical (unpaired) electrons. The Morgan fingerprint density at radius 2 is 0.214 bits per heavy atom. The maximum Gasteiger partial charge on any atom is 4.00 e. The van der Waals surface area contributed by atoms with Gasteiger partial charge in [0.05, 0.1) is 0 Å². The van der Waals surface area contributed by atoms with E-state index < -0.39 is 0 Å². The van der Waals surface area contributed by atoms with Crippen molar-refractivity contribution in [1.82, 2.24) is 0 Å². The van der Waals surface area contributed by atoms with Crippen molar-refractivity contribution < 1.29 is 128 Å². The summed E-state index contributed by atoms with van der Waals surface area (Å²) in [5, 5.41) is 0. The van der Waals surface area contributed by atoms with E-state index in [1.165, 1.54) is 0 Å². The molecular formula is Al2O9Zr3. The Hall–Kier alpha value is 3.35. The maximum absolute atomic E-state index is 0. The summed E-state index contributed by atoms with van der Waals surface area (Å²) >= 11 is 0. The molecule has 0 atom stereocenters. The Morgan fingerprint density at radius 1 is 0.214 bits per heavy atom. The quantitative estimate of drug-likeness (QED) is 0.353. The van der Waals surface area contributed by atoms with E-state index in [4.69, 9.17) is 0 Å². The van der Waals surface area contributed by atoms with Gasteiger partial charge < -0.3 is 49.3 Å². The van der Waals surface area contributed by atoms with E-state index in [1.807, 2.05) is 0 Å². The zero-order valence-corrected chi connectivity index (χ0v) is 16.0. The monoisotopic (exact) mass is 468 g/mol. The van der Waals surface area contributed by atoms with Crippen LogP contribution in [0.1, 0.15) is 0 Å². The van der Waals surface area contributed by atoms with Gasteiger partial charge in [0.25, 0.3) is 0 Å². The van der Waals surface area contributed by atoms with Crippen molar-refractivity contribution in [3.63, 3.8) is 0 Å². The molecule has 0 N–H and O–H groups in total. The van der Waals surface area contributed by atoms with E-state index in [1.54, 1.807) is 0 Å². The van der Waals surface area contributed by atoms with Gasteiger partial charge in [0, 0.05) is 0 Å². The van der Waals surface area contributed by atoms with Gasteiger partial charge >= 0.3 is 113 Å². The predicted octanol–water partition coefficient (Wildman–Crippen LogP) is -1.84. The minimum atomic E-state index is 0. The molecule has 0 aromatic rings. The van der Waals surface area contributed by atoms with Crippen LogP contribution in [0.25, 0.3) is 0 Å². The molecule has 0 aromatic heterocycles. The molecular weight excluding hydrogens is 472 g/mol. The van der Waals surface area contributed by atoms with Gasteiger partial charge in [-0.3, -0.25) is 0 Å². The summed E-state index contributed by atoms with van der Waals surface area (Å²) in [5.74, 6) is 0. The first kappa shape index (κ1) is 413. The zero-order chi connectivity index (χ0) is 0. The zero-order valence-electron chi connectivity index (χ0n) is 6.33. The van der Waals surface area contributed by atoms with Gasteiger partial charge in [-0.25, -0.2) is 0 Å². The van der Waals surface area contributed by atoms with Gasteiger partial charge in [-0.15, -0.1) is 0 Å². The van der Waals surface area contributed by atoms with Gasteiger partial charge in [0.1, 0.15) is 0 Å². The SMILES string of the molecule is [Al+3].[Al+3].[O-2].[O-2].[O-2].[O-2].[O-2].[O-2].[O-2].[O-2].[O-2].[Zr+4].[Zr+4].[Zr+4]. The molecule has 0 spiro atoms. The second-order valence-electron chi connectivity index (χ2n) is 0. The van der Waals surface area contributed by atoms with Crippen molar-refractivity contribution in [3.05, 3.63) is 0 Å². The smallest absolute Gasteiger partial charge is 2.00 e. The largest absolute Gasteiger partial charge is 4.00 e. The topological polar surface area (TPSA) is 256 Å². The summed E-state index contributed by atoms with van der Waals surface area (Å²) in [4.78, 5) is 0. The van der Waals surface area contributed by atoms with Crippen molar-refractivity contribution in [2.75, 3.05) is 0 Å². The third-order valence-electron chi connectivity index (χ3n) is 0. The second-order valence-corrected chi connectivity index (χ2v) is 0. The predicted molar refractivity (Wildman–Crippen MR) is 17.7 cm³/mol. The molecule has 0 amide bonds. The standard InChI is InChI=1S/2Al.9O.3Zr/q2*+3;9*-2;3*+4. The molecule has 72 valence electrons. The third kappa shape index (κ3) is 281. The van der Waals surface area contributed by atoms with Crippen molar-refractivity contribution in [3.8, 4) is 0 Å². The molecule has 14 heteroatoms. The molecule has 0 rings (SSSR count). The summed E-state index contributed by atoms with van der Waals surface area (Å²) in [6.45, 7) is 0. The Labute approximate surface area is 160 Å². The minimum Gasteiger partial charge on any atom is -2.00 e. The van der Waals surface area contributed by atoms with Crippen LogP contribution in [0.3, 0.4) is 0 Å². The third-order valence-corrected chi connectivity index (χ3v) is 0. The van der Waals surface area contributed by atoms with Gasteiger partial charge in [-0.05, 0) is 0 Å². The van der Waals surface area contributed by atoms with Crippen LogP contribution in [0.15, 0.2) is 0 Å². The first-order valence-corrected chi connectivity index (χ1v) is 0. The Kier molecular flexibility index (Phi) is 10100. The summed E-state index contributed by atoms with van der Waals surface area (Å²) in [7, 11) is 0. The number of hydrogen-bond donors (Lipinski definition) is 0. The molecule has 0 saturated heterocycles. The van der Waals surface area contributed by atoms with Crippen molar-refractivity contribution in [2.45, 2.75) is 0 Å². The first-order valence-electron chi connectivity index (χ1n) is 0. The maximum atomic E-state index is 0. The summed E-state index contributed by atoms with van der Waals surface area (Å²) in [6.07, 6.45) is 0.